The molecule has 1 aliphatic heterocycles. The summed E-state index contributed by atoms with van der Waals surface area (Å²) < 4.78 is 15.3. The van der Waals surface area contributed by atoms with Crippen LogP contribution in [0.3, 0.4) is 0 Å². The van der Waals surface area contributed by atoms with Crippen LogP contribution >= 0.6 is 0 Å². The fraction of sp³-hybridized carbons (Fsp3) is 0.389. The smallest absolute Gasteiger partial charge is 0.238 e. The number of fused-ring (bicyclic) bond motifs is 1. The Kier molecular flexibility index (Phi) is 3.67. The minimum Gasteiger partial charge on any atom is -0.274 e. The van der Waals surface area contributed by atoms with Gasteiger partial charge in [-0.2, -0.15) is 5.10 Å². The Bertz CT molecular complexity index is 777. The second-order valence-corrected chi connectivity index (χ2v) is 6.47. The van der Waals surface area contributed by atoms with Crippen LogP contribution in [0, 0.1) is 17.7 Å². The summed E-state index contributed by atoms with van der Waals surface area (Å²) >= 11 is 0. The maximum atomic E-state index is 13.7. The van der Waals surface area contributed by atoms with E-state index in [1.807, 2.05) is 0 Å². The summed E-state index contributed by atoms with van der Waals surface area (Å²) in [6, 6.07) is 8.14. The molecule has 1 saturated carbocycles. The third kappa shape index (κ3) is 2.42. The van der Waals surface area contributed by atoms with Gasteiger partial charge in [-0.15, -0.1) is 0 Å². The number of nitrogens with zero attached hydrogens (tertiary/aromatic N) is 3. The molecule has 24 heavy (non-hydrogen) atoms. The van der Waals surface area contributed by atoms with Crippen molar-refractivity contribution in [3.05, 3.63) is 47.9 Å². The zero-order valence-electron chi connectivity index (χ0n) is 13.2. The van der Waals surface area contributed by atoms with Gasteiger partial charge in [-0.25, -0.2) is 9.29 Å². The van der Waals surface area contributed by atoms with E-state index < -0.39 is 0 Å². The highest BCUT2D eigenvalue weighted by Crippen LogP contribution is 2.39. The summed E-state index contributed by atoms with van der Waals surface area (Å²) in [6.45, 7) is 0.260. The van der Waals surface area contributed by atoms with Gasteiger partial charge >= 0.3 is 0 Å². The van der Waals surface area contributed by atoms with Gasteiger partial charge in [0.15, 0.2) is 5.82 Å². The fourth-order valence-electron chi connectivity index (χ4n) is 3.75. The molecular weight excluding hydrogens is 309 g/mol. The highest BCUT2D eigenvalue weighted by Gasteiger charge is 2.49. The average molecular weight is 327 g/mol. The normalized spacial score (nSPS) is 23.6. The number of benzene rings is 1. The third-order valence-corrected chi connectivity index (χ3v) is 4.99. The van der Waals surface area contributed by atoms with Crippen LogP contribution in [0.4, 0.5) is 10.2 Å². The van der Waals surface area contributed by atoms with Gasteiger partial charge in [0.05, 0.1) is 18.4 Å². The van der Waals surface area contributed by atoms with Crippen molar-refractivity contribution >= 4 is 17.6 Å². The summed E-state index contributed by atoms with van der Waals surface area (Å²) in [5.74, 6) is -0.614. The van der Waals surface area contributed by atoms with E-state index in [-0.39, 0.29) is 36.0 Å². The topological polar surface area (TPSA) is 55.2 Å². The summed E-state index contributed by atoms with van der Waals surface area (Å²) in [5.41, 5.74) is 0.514. The van der Waals surface area contributed by atoms with Crippen LogP contribution in [0.2, 0.25) is 0 Å². The molecule has 2 atom stereocenters. The van der Waals surface area contributed by atoms with Crippen LogP contribution < -0.4 is 4.90 Å². The van der Waals surface area contributed by atoms with Crippen molar-refractivity contribution in [3.63, 3.8) is 0 Å². The monoisotopic (exact) mass is 327 g/mol. The lowest BCUT2D eigenvalue weighted by Crippen LogP contribution is -2.31. The van der Waals surface area contributed by atoms with Crippen LogP contribution in [0.5, 0.6) is 0 Å². The van der Waals surface area contributed by atoms with E-state index in [0.29, 0.717) is 11.4 Å². The molecule has 0 bridgehead atoms. The number of amides is 2. The van der Waals surface area contributed by atoms with Crippen molar-refractivity contribution in [1.29, 1.82) is 0 Å². The van der Waals surface area contributed by atoms with Crippen LogP contribution in [-0.4, -0.2) is 21.6 Å². The lowest BCUT2D eigenvalue weighted by atomic mass is 9.81. The Labute approximate surface area is 139 Å². The second-order valence-electron chi connectivity index (χ2n) is 6.47. The SMILES string of the molecule is O=C1C2CCCCC2C(=O)N1c1ccn(Cc2ccccc2F)n1. The van der Waals surface area contributed by atoms with E-state index >= 15 is 0 Å². The van der Waals surface area contributed by atoms with Crippen molar-refractivity contribution in [2.75, 3.05) is 4.90 Å². The second kappa shape index (κ2) is 5.85. The van der Waals surface area contributed by atoms with Gasteiger partial charge in [-0.05, 0) is 18.9 Å². The molecule has 5 nitrogen and oxygen atoms in total. The zero-order valence-corrected chi connectivity index (χ0v) is 13.2. The molecule has 124 valence electrons. The Morgan fingerprint density at radius 1 is 1.04 bits per heavy atom. The first-order valence-corrected chi connectivity index (χ1v) is 8.30. The lowest BCUT2D eigenvalue weighted by Gasteiger charge is -2.19. The summed E-state index contributed by atoms with van der Waals surface area (Å²) in [6.07, 6.45) is 5.22. The first kappa shape index (κ1) is 15.1. The van der Waals surface area contributed by atoms with E-state index in [2.05, 4.69) is 5.10 Å². The van der Waals surface area contributed by atoms with E-state index in [0.717, 1.165) is 25.7 Å². The van der Waals surface area contributed by atoms with E-state index in [1.54, 1.807) is 35.1 Å². The number of carbonyl (C=O) groups is 2. The van der Waals surface area contributed by atoms with E-state index in [1.165, 1.54) is 11.0 Å². The van der Waals surface area contributed by atoms with Crippen molar-refractivity contribution < 1.29 is 14.0 Å². The molecule has 1 aromatic heterocycles. The van der Waals surface area contributed by atoms with Gasteiger partial charge in [-0.1, -0.05) is 31.0 Å². The maximum absolute atomic E-state index is 13.7. The van der Waals surface area contributed by atoms with Gasteiger partial charge in [0, 0.05) is 17.8 Å². The number of aromatic nitrogens is 2. The number of halogens is 1. The molecule has 2 amide bonds. The van der Waals surface area contributed by atoms with Gasteiger partial charge in [0.25, 0.3) is 0 Å². The van der Waals surface area contributed by atoms with Crippen LogP contribution in [0.1, 0.15) is 31.2 Å². The molecular formula is C18H18FN3O2. The maximum Gasteiger partial charge on any atom is 0.238 e. The Morgan fingerprint density at radius 3 is 2.38 bits per heavy atom. The van der Waals surface area contributed by atoms with Crippen molar-refractivity contribution in [2.24, 2.45) is 11.8 Å². The standard InChI is InChI=1S/C18H18FN3O2/c19-15-8-4-1-5-12(15)11-21-10-9-16(20-21)22-17(23)13-6-2-3-7-14(13)18(22)24/h1,4-5,8-10,13-14H,2-3,6-7,11H2. The molecule has 6 heteroatoms. The number of carbonyl (C=O) groups excluding carboxylic acids is 2. The molecule has 1 aromatic carbocycles. The molecule has 0 spiro atoms. The van der Waals surface area contributed by atoms with E-state index in [4.69, 9.17) is 0 Å². The number of imide groups is 1. The number of rotatable bonds is 3. The Hall–Kier alpha value is -2.50. The third-order valence-electron chi connectivity index (χ3n) is 4.99. The van der Waals surface area contributed by atoms with Gasteiger partial charge in [-0.3, -0.25) is 14.3 Å². The van der Waals surface area contributed by atoms with Gasteiger partial charge in [0.1, 0.15) is 5.82 Å². The Morgan fingerprint density at radius 2 is 1.71 bits per heavy atom. The molecule has 0 N–H and O–H groups in total. The van der Waals surface area contributed by atoms with Crippen LogP contribution in [0.15, 0.2) is 36.5 Å². The van der Waals surface area contributed by atoms with Crippen molar-refractivity contribution in [1.82, 2.24) is 9.78 Å². The zero-order chi connectivity index (χ0) is 16.7. The number of hydrogen-bond acceptors (Lipinski definition) is 3. The minimum absolute atomic E-state index is 0.138. The van der Waals surface area contributed by atoms with Crippen molar-refractivity contribution in [2.45, 2.75) is 32.2 Å². The summed E-state index contributed by atoms with van der Waals surface area (Å²) in [7, 11) is 0. The highest BCUT2D eigenvalue weighted by molar-refractivity contribution is 6.21. The molecule has 2 aliphatic rings. The van der Waals surface area contributed by atoms with Crippen LogP contribution in [0.25, 0.3) is 0 Å². The van der Waals surface area contributed by atoms with Gasteiger partial charge < -0.3 is 0 Å². The molecule has 0 radical (unpaired) electrons. The van der Waals surface area contributed by atoms with Gasteiger partial charge in [0.2, 0.25) is 11.8 Å². The number of anilines is 1. The molecule has 1 saturated heterocycles. The highest BCUT2D eigenvalue weighted by atomic mass is 19.1. The average Bonchev–Trinajstić information content (AvgIpc) is 3.14. The molecule has 1 aliphatic carbocycles. The first-order chi connectivity index (χ1) is 11.6. The molecule has 2 heterocycles. The van der Waals surface area contributed by atoms with Crippen molar-refractivity contribution in [3.8, 4) is 0 Å². The Balaban J connectivity index is 1.57. The van der Waals surface area contributed by atoms with E-state index in [9.17, 15) is 14.0 Å². The fourth-order valence-corrected chi connectivity index (χ4v) is 3.75. The lowest BCUT2D eigenvalue weighted by molar-refractivity contribution is -0.122. The number of hydrogen-bond donors (Lipinski definition) is 0. The van der Waals surface area contributed by atoms with Crippen LogP contribution in [-0.2, 0) is 16.1 Å². The molecule has 2 fully saturated rings. The predicted molar refractivity (Wildman–Crippen MR) is 85.7 cm³/mol. The first-order valence-electron chi connectivity index (χ1n) is 8.30. The molecule has 2 aromatic rings. The quantitative estimate of drug-likeness (QED) is 0.815. The predicted octanol–water partition coefficient (Wildman–Crippen LogP) is 2.75. The molecule has 4 rings (SSSR count). The summed E-state index contributed by atoms with van der Waals surface area (Å²) in [4.78, 5) is 26.4. The molecule has 2 unspecified atom stereocenters. The minimum atomic E-state index is -0.297. The largest absolute Gasteiger partial charge is 0.274 e. The summed E-state index contributed by atoms with van der Waals surface area (Å²) in [5, 5.41) is 4.32.